The SMILES string of the molecule is Cc1ccc(N(C)CC2CCCOC2)c(/C(N)=N/O)c1. The molecule has 1 aliphatic rings. The van der Waals surface area contributed by atoms with Gasteiger partial charge in [-0.1, -0.05) is 16.8 Å². The van der Waals surface area contributed by atoms with Crippen LogP contribution in [0.1, 0.15) is 24.0 Å². The maximum absolute atomic E-state index is 8.93. The van der Waals surface area contributed by atoms with Gasteiger partial charge in [0.1, 0.15) is 0 Å². The molecule has 5 heteroatoms. The molecule has 0 saturated carbocycles. The van der Waals surface area contributed by atoms with E-state index in [0.717, 1.165) is 43.0 Å². The second kappa shape index (κ2) is 6.61. The molecule has 0 radical (unpaired) electrons. The first-order valence-electron chi connectivity index (χ1n) is 6.99. The number of benzene rings is 1. The minimum absolute atomic E-state index is 0.149. The van der Waals surface area contributed by atoms with Crippen LogP contribution in [0.25, 0.3) is 0 Å². The Labute approximate surface area is 120 Å². The van der Waals surface area contributed by atoms with Crippen molar-refractivity contribution in [1.29, 1.82) is 0 Å². The molecule has 1 aromatic rings. The number of aryl methyl sites for hydroxylation is 1. The van der Waals surface area contributed by atoms with Crippen LogP contribution in [0.15, 0.2) is 23.4 Å². The lowest BCUT2D eigenvalue weighted by Gasteiger charge is -2.29. The van der Waals surface area contributed by atoms with Crippen molar-refractivity contribution >= 4 is 11.5 Å². The Balaban J connectivity index is 2.18. The molecule has 0 bridgehead atoms. The molecule has 1 atom stereocenters. The third kappa shape index (κ3) is 3.42. The van der Waals surface area contributed by atoms with E-state index in [9.17, 15) is 0 Å². The highest BCUT2D eigenvalue weighted by Crippen LogP contribution is 2.23. The molecule has 3 N–H and O–H groups in total. The smallest absolute Gasteiger partial charge is 0.172 e. The minimum atomic E-state index is 0.149. The van der Waals surface area contributed by atoms with Crippen molar-refractivity contribution < 1.29 is 9.94 Å². The second-order valence-corrected chi connectivity index (χ2v) is 5.47. The zero-order valence-electron chi connectivity index (χ0n) is 12.2. The number of oxime groups is 1. The summed E-state index contributed by atoms with van der Waals surface area (Å²) in [5.41, 5.74) is 8.62. The van der Waals surface area contributed by atoms with Crippen molar-refractivity contribution in [1.82, 2.24) is 0 Å². The molecule has 1 unspecified atom stereocenters. The van der Waals surface area contributed by atoms with Crippen LogP contribution in [0.3, 0.4) is 0 Å². The zero-order valence-corrected chi connectivity index (χ0v) is 12.2. The summed E-state index contributed by atoms with van der Waals surface area (Å²) >= 11 is 0. The molecule has 5 nitrogen and oxygen atoms in total. The summed E-state index contributed by atoms with van der Waals surface area (Å²) in [4.78, 5) is 2.16. The number of rotatable bonds is 4. The fourth-order valence-electron chi connectivity index (χ4n) is 2.68. The Bertz CT molecular complexity index is 482. The Morgan fingerprint density at radius 2 is 2.35 bits per heavy atom. The third-order valence-corrected chi connectivity index (χ3v) is 3.73. The molecular weight excluding hydrogens is 254 g/mol. The Hall–Kier alpha value is -1.75. The van der Waals surface area contributed by atoms with Gasteiger partial charge in [0.05, 0.1) is 6.61 Å². The summed E-state index contributed by atoms with van der Waals surface area (Å²) in [6.45, 7) is 4.59. The highest BCUT2D eigenvalue weighted by atomic mass is 16.5. The predicted molar refractivity (Wildman–Crippen MR) is 80.5 cm³/mol. The van der Waals surface area contributed by atoms with Gasteiger partial charge in [0.25, 0.3) is 0 Å². The number of amidine groups is 1. The molecule has 1 aliphatic heterocycles. The quantitative estimate of drug-likeness (QED) is 0.382. The van der Waals surface area contributed by atoms with E-state index < -0.39 is 0 Å². The van der Waals surface area contributed by atoms with Crippen LogP contribution in [0.2, 0.25) is 0 Å². The first-order chi connectivity index (χ1) is 9.61. The van der Waals surface area contributed by atoms with Gasteiger partial charge in [-0.05, 0) is 37.8 Å². The highest BCUT2D eigenvalue weighted by Gasteiger charge is 2.18. The van der Waals surface area contributed by atoms with Crippen molar-refractivity contribution in [2.75, 3.05) is 31.7 Å². The van der Waals surface area contributed by atoms with Gasteiger partial charge in [-0.25, -0.2) is 0 Å². The van der Waals surface area contributed by atoms with Crippen LogP contribution >= 0.6 is 0 Å². The average Bonchev–Trinajstić information content (AvgIpc) is 2.47. The van der Waals surface area contributed by atoms with Crippen LogP contribution in [-0.2, 0) is 4.74 Å². The van der Waals surface area contributed by atoms with Gasteiger partial charge in [0, 0.05) is 31.5 Å². The first-order valence-corrected chi connectivity index (χ1v) is 6.99. The van der Waals surface area contributed by atoms with Gasteiger partial charge in [-0.3, -0.25) is 0 Å². The summed E-state index contributed by atoms with van der Waals surface area (Å²) in [6.07, 6.45) is 2.31. The molecule has 1 fully saturated rings. The molecular formula is C15H23N3O2. The molecule has 2 rings (SSSR count). The summed E-state index contributed by atoms with van der Waals surface area (Å²) in [6, 6.07) is 6.00. The highest BCUT2D eigenvalue weighted by molar-refractivity contribution is 6.02. The number of hydrogen-bond acceptors (Lipinski definition) is 4. The van der Waals surface area contributed by atoms with Gasteiger partial charge in [0.15, 0.2) is 5.84 Å². The predicted octanol–water partition coefficient (Wildman–Crippen LogP) is 1.95. The van der Waals surface area contributed by atoms with Gasteiger partial charge in [-0.2, -0.15) is 0 Å². The van der Waals surface area contributed by atoms with E-state index in [4.69, 9.17) is 15.7 Å². The minimum Gasteiger partial charge on any atom is -0.409 e. The second-order valence-electron chi connectivity index (χ2n) is 5.47. The van der Waals surface area contributed by atoms with E-state index in [0.29, 0.717) is 5.92 Å². The Morgan fingerprint density at radius 1 is 1.55 bits per heavy atom. The molecule has 1 aromatic carbocycles. The van der Waals surface area contributed by atoms with E-state index in [1.165, 1.54) is 6.42 Å². The lowest BCUT2D eigenvalue weighted by atomic mass is 10.0. The van der Waals surface area contributed by atoms with Gasteiger partial charge >= 0.3 is 0 Å². The normalized spacial score (nSPS) is 19.9. The molecule has 20 heavy (non-hydrogen) atoms. The molecule has 0 aliphatic carbocycles. The van der Waals surface area contributed by atoms with Gasteiger partial charge in [-0.15, -0.1) is 0 Å². The van der Waals surface area contributed by atoms with Crippen LogP contribution in [0, 0.1) is 12.8 Å². The zero-order chi connectivity index (χ0) is 14.5. The molecule has 1 heterocycles. The molecule has 110 valence electrons. The van der Waals surface area contributed by atoms with E-state index in [2.05, 4.69) is 10.1 Å². The van der Waals surface area contributed by atoms with Crippen molar-refractivity contribution in [2.24, 2.45) is 16.8 Å². The van der Waals surface area contributed by atoms with E-state index in [1.807, 2.05) is 32.2 Å². The molecule has 0 amide bonds. The van der Waals surface area contributed by atoms with E-state index in [-0.39, 0.29) is 5.84 Å². The summed E-state index contributed by atoms with van der Waals surface area (Å²) in [7, 11) is 2.04. The van der Waals surface area contributed by atoms with Gasteiger partial charge in [0.2, 0.25) is 0 Å². The van der Waals surface area contributed by atoms with Crippen molar-refractivity contribution in [2.45, 2.75) is 19.8 Å². The average molecular weight is 277 g/mol. The van der Waals surface area contributed by atoms with E-state index in [1.54, 1.807) is 0 Å². The summed E-state index contributed by atoms with van der Waals surface area (Å²) < 4.78 is 5.52. The monoisotopic (exact) mass is 277 g/mol. The lowest BCUT2D eigenvalue weighted by molar-refractivity contribution is 0.0576. The first kappa shape index (κ1) is 14.7. The number of hydrogen-bond donors (Lipinski definition) is 2. The largest absolute Gasteiger partial charge is 0.409 e. The van der Waals surface area contributed by atoms with Crippen LogP contribution in [0.5, 0.6) is 0 Å². The standard InChI is InChI=1S/C15H23N3O2/c1-11-5-6-14(13(8-11)15(16)17-19)18(2)9-12-4-3-7-20-10-12/h5-6,8,12,19H,3-4,7,9-10H2,1-2H3,(H2,16,17). The number of anilines is 1. The number of nitrogens with two attached hydrogens (primary N) is 1. The van der Waals surface area contributed by atoms with Crippen molar-refractivity contribution in [3.8, 4) is 0 Å². The Kier molecular flexibility index (Phi) is 4.84. The van der Waals surface area contributed by atoms with Gasteiger partial charge < -0.3 is 20.6 Å². The maximum atomic E-state index is 8.93. The lowest BCUT2D eigenvalue weighted by Crippen LogP contribution is -2.32. The van der Waals surface area contributed by atoms with Crippen LogP contribution in [0.4, 0.5) is 5.69 Å². The van der Waals surface area contributed by atoms with Crippen molar-refractivity contribution in [3.63, 3.8) is 0 Å². The van der Waals surface area contributed by atoms with Crippen LogP contribution in [-0.4, -0.2) is 37.8 Å². The molecule has 1 saturated heterocycles. The number of nitrogens with zero attached hydrogens (tertiary/aromatic N) is 2. The Morgan fingerprint density at radius 3 is 3.00 bits per heavy atom. The summed E-state index contributed by atoms with van der Waals surface area (Å²) in [5, 5.41) is 12.1. The molecule has 0 spiro atoms. The maximum Gasteiger partial charge on any atom is 0.172 e. The third-order valence-electron chi connectivity index (χ3n) is 3.73. The fourth-order valence-corrected chi connectivity index (χ4v) is 2.68. The topological polar surface area (TPSA) is 71.1 Å². The molecule has 0 aromatic heterocycles. The van der Waals surface area contributed by atoms with Crippen molar-refractivity contribution in [3.05, 3.63) is 29.3 Å². The van der Waals surface area contributed by atoms with E-state index >= 15 is 0 Å². The van der Waals surface area contributed by atoms with Crippen LogP contribution < -0.4 is 10.6 Å². The summed E-state index contributed by atoms with van der Waals surface area (Å²) in [5.74, 6) is 0.686. The number of ether oxygens (including phenoxy) is 1. The fraction of sp³-hybridized carbons (Fsp3) is 0.533.